The van der Waals surface area contributed by atoms with Crippen molar-refractivity contribution < 1.29 is 24.1 Å². The van der Waals surface area contributed by atoms with Crippen LogP contribution in [0.2, 0.25) is 0 Å². The summed E-state index contributed by atoms with van der Waals surface area (Å²) in [6.45, 7) is 0.664. The lowest BCUT2D eigenvalue weighted by Gasteiger charge is -2.43. The molecule has 1 fully saturated rings. The summed E-state index contributed by atoms with van der Waals surface area (Å²) in [4.78, 5) is 0. The molecule has 3 rings (SSSR count). The lowest BCUT2D eigenvalue weighted by atomic mass is 10.0. The first-order valence-electron chi connectivity index (χ1n) is 9.01. The molecule has 0 radical (unpaired) electrons. The number of aliphatic hydroxyl groups excluding tert-OH is 1. The number of hydrogen-bond acceptors (Lipinski definition) is 6. The Morgan fingerprint density at radius 3 is 1.89 bits per heavy atom. The molecule has 5 nitrogen and oxygen atoms in total. The van der Waals surface area contributed by atoms with Gasteiger partial charge in [-0.05, 0) is 11.1 Å². The Bertz CT molecular complexity index is 669. The third-order valence-corrected chi connectivity index (χ3v) is 5.23. The maximum absolute atomic E-state index is 9.65. The average Bonchev–Trinajstić information content (AvgIpc) is 2.73. The Balaban J connectivity index is 1.73. The van der Waals surface area contributed by atoms with E-state index in [1.54, 1.807) is 7.11 Å². The van der Waals surface area contributed by atoms with Gasteiger partial charge in [0.1, 0.15) is 12.2 Å². The van der Waals surface area contributed by atoms with Crippen molar-refractivity contribution in [2.24, 2.45) is 0 Å². The molecule has 0 bridgehead atoms. The first-order valence-corrected chi connectivity index (χ1v) is 9.52. The predicted molar refractivity (Wildman–Crippen MR) is 106 cm³/mol. The second-order valence-corrected chi connectivity index (χ2v) is 7.07. The summed E-state index contributed by atoms with van der Waals surface area (Å²) in [7, 11) is 1.56. The molecule has 6 heteroatoms. The van der Waals surface area contributed by atoms with Crippen LogP contribution in [0.5, 0.6) is 0 Å². The molecule has 0 amide bonds. The van der Waals surface area contributed by atoms with Crippen LogP contribution in [0.3, 0.4) is 0 Å². The highest BCUT2D eigenvalue weighted by molar-refractivity contribution is 7.81. The molecule has 27 heavy (non-hydrogen) atoms. The van der Waals surface area contributed by atoms with Crippen molar-refractivity contribution >= 4 is 12.6 Å². The first-order chi connectivity index (χ1) is 13.2. The number of rotatable bonds is 8. The van der Waals surface area contributed by atoms with E-state index in [-0.39, 0.29) is 11.9 Å². The minimum Gasteiger partial charge on any atom is -0.394 e. The van der Waals surface area contributed by atoms with E-state index in [2.05, 4.69) is 12.6 Å². The fourth-order valence-electron chi connectivity index (χ4n) is 3.13. The minimum atomic E-state index is -0.643. The third kappa shape index (κ3) is 5.31. The van der Waals surface area contributed by atoms with Gasteiger partial charge in [0.05, 0.1) is 31.2 Å². The van der Waals surface area contributed by atoms with Gasteiger partial charge < -0.3 is 24.1 Å². The zero-order chi connectivity index (χ0) is 19.1. The minimum absolute atomic E-state index is 0.162. The van der Waals surface area contributed by atoms with Gasteiger partial charge in [-0.2, -0.15) is 12.6 Å². The van der Waals surface area contributed by atoms with E-state index in [9.17, 15) is 5.11 Å². The van der Waals surface area contributed by atoms with E-state index in [1.165, 1.54) is 0 Å². The summed E-state index contributed by atoms with van der Waals surface area (Å²) in [5.74, 6) is 0. The van der Waals surface area contributed by atoms with Crippen LogP contribution in [0.1, 0.15) is 11.1 Å². The molecule has 1 aliphatic heterocycles. The Hall–Kier alpha value is -1.41. The van der Waals surface area contributed by atoms with E-state index in [4.69, 9.17) is 18.9 Å². The Labute approximate surface area is 165 Å². The van der Waals surface area contributed by atoms with Crippen LogP contribution in [0, 0.1) is 0 Å². The smallest absolute Gasteiger partial charge is 0.186 e. The molecule has 1 N–H and O–H groups in total. The third-order valence-electron chi connectivity index (χ3n) is 4.60. The van der Waals surface area contributed by atoms with Crippen molar-refractivity contribution in [3.8, 4) is 0 Å². The van der Waals surface area contributed by atoms with Crippen LogP contribution in [0.4, 0.5) is 0 Å². The summed E-state index contributed by atoms with van der Waals surface area (Å²) in [6.07, 6.45) is -2.00. The fourth-order valence-corrected chi connectivity index (χ4v) is 3.55. The second-order valence-electron chi connectivity index (χ2n) is 6.47. The molecule has 1 aliphatic rings. The summed E-state index contributed by atoms with van der Waals surface area (Å²) in [5.41, 5.74) is 2.11. The van der Waals surface area contributed by atoms with E-state index >= 15 is 0 Å². The Morgan fingerprint density at radius 1 is 0.889 bits per heavy atom. The van der Waals surface area contributed by atoms with Crippen LogP contribution >= 0.6 is 12.6 Å². The van der Waals surface area contributed by atoms with Crippen LogP contribution in [0.15, 0.2) is 60.7 Å². The molecule has 5 atom stereocenters. The maximum atomic E-state index is 9.65. The van der Waals surface area contributed by atoms with Gasteiger partial charge in [-0.1, -0.05) is 60.7 Å². The highest BCUT2D eigenvalue weighted by atomic mass is 32.1. The lowest BCUT2D eigenvalue weighted by molar-refractivity contribution is -0.280. The quantitative estimate of drug-likeness (QED) is 0.679. The molecule has 0 spiro atoms. The van der Waals surface area contributed by atoms with Gasteiger partial charge in [0.25, 0.3) is 0 Å². The number of aliphatic hydroxyl groups is 1. The van der Waals surface area contributed by atoms with Gasteiger partial charge in [-0.3, -0.25) is 0 Å². The van der Waals surface area contributed by atoms with Crippen LogP contribution < -0.4 is 0 Å². The van der Waals surface area contributed by atoms with Crippen LogP contribution in [0.25, 0.3) is 0 Å². The van der Waals surface area contributed by atoms with Gasteiger partial charge >= 0.3 is 0 Å². The van der Waals surface area contributed by atoms with Gasteiger partial charge in [0.15, 0.2) is 6.29 Å². The molecular weight excluding hydrogens is 364 g/mol. The van der Waals surface area contributed by atoms with Crippen molar-refractivity contribution in [2.75, 3.05) is 13.7 Å². The van der Waals surface area contributed by atoms with Gasteiger partial charge in [0, 0.05) is 7.11 Å². The maximum Gasteiger partial charge on any atom is 0.186 e. The molecule has 0 unspecified atom stereocenters. The monoisotopic (exact) mass is 390 g/mol. The van der Waals surface area contributed by atoms with E-state index in [0.29, 0.717) is 13.2 Å². The average molecular weight is 391 g/mol. The molecule has 1 heterocycles. The van der Waals surface area contributed by atoms with Crippen molar-refractivity contribution in [1.82, 2.24) is 0 Å². The fraction of sp³-hybridized carbons (Fsp3) is 0.429. The number of hydrogen-bond donors (Lipinski definition) is 2. The molecule has 2 aromatic rings. The Morgan fingerprint density at radius 2 is 1.41 bits per heavy atom. The zero-order valence-corrected chi connectivity index (χ0v) is 16.2. The summed E-state index contributed by atoms with van der Waals surface area (Å²) in [5, 5.41) is 9.30. The molecule has 1 saturated heterocycles. The number of ether oxygens (including phenoxy) is 4. The lowest BCUT2D eigenvalue weighted by Crippen LogP contribution is -2.58. The predicted octanol–water partition coefficient (Wildman–Crippen LogP) is 2.82. The van der Waals surface area contributed by atoms with E-state index in [1.807, 2.05) is 60.7 Å². The summed E-state index contributed by atoms with van der Waals surface area (Å²) in [6, 6.07) is 19.8. The van der Waals surface area contributed by atoms with Gasteiger partial charge in [-0.15, -0.1) is 0 Å². The molecular formula is C21H26O5S. The van der Waals surface area contributed by atoms with Gasteiger partial charge in [0.2, 0.25) is 0 Å². The Kier molecular flexibility index (Phi) is 7.70. The van der Waals surface area contributed by atoms with Crippen LogP contribution in [-0.4, -0.2) is 48.7 Å². The summed E-state index contributed by atoms with van der Waals surface area (Å²) >= 11 is 4.65. The van der Waals surface area contributed by atoms with Gasteiger partial charge in [-0.25, -0.2) is 0 Å². The molecule has 2 aromatic carbocycles. The zero-order valence-electron chi connectivity index (χ0n) is 15.3. The largest absolute Gasteiger partial charge is 0.394 e. The van der Waals surface area contributed by atoms with E-state index < -0.39 is 24.6 Å². The molecule has 146 valence electrons. The molecule has 0 aromatic heterocycles. The second kappa shape index (κ2) is 10.2. The topological polar surface area (TPSA) is 57.2 Å². The van der Waals surface area contributed by atoms with Crippen molar-refractivity contribution in [3.63, 3.8) is 0 Å². The van der Waals surface area contributed by atoms with Crippen molar-refractivity contribution in [2.45, 2.75) is 43.1 Å². The first kappa shape index (κ1) is 20.3. The molecule has 0 aliphatic carbocycles. The highest BCUT2D eigenvalue weighted by Crippen LogP contribution is 2.30. The van der Waals surface area contributed by atoms with E-state index in [0.717, 1.165) is 11.1 Å². The molecule has 0 saturated carbocycles. The summed E-state index contributed by atoms with van der Waals surface area (Å²) < 4.78 is 23.6. The normalized spacial score (nSPS) is 28.2. The number of methoxy groups -OCH3 is 1. The van der Waals surface area contributed by atoms with Crippen molar-refractivity contribution in [1.29, 1.82) is 0 Å². The number of thiol groups is 1. The highest BCUT2D eigenvalue weighted by Gasteiger charge is 2.46. The van der Waals surface area contributed by atoms with Crippen LogP contribution in [-0.2, 0) is 32.2 Å². The number of benzene rings is 2. The SMILES string of the molecule is CO[C@H]1O[C@H](CO)[C@@H](S)[C@H](OCc2ccccc2)[C@H]1OCc1ccccc1. The van der Waals surface area contributed by atoms with Crippen molar-refractivity contribution in [3.05, 3.63) is 71.8 Å². The standard InChI is InChI=1S/C21H26O5S/c1-23-21-19(25-14-16-10-6-3-7-11-16)18(20(27)17(12-22)26-21)24-13-15-8-4-2-5-9-15/h2-11,17-22,27H,12-14H2,1H3/t17-,18-,19-,20-,21+/m1/s1.